The minimum absolute atomic E-state index is 0.375. The number of halogens is 2. The van der Waals surface area contributed by atoms with Crippen LogP contribution in [0.25, 0.3) is 10.9 Å². The zero-order chi connectivity index (χ0) is 11.0. The first kappa shape index (κ1) is 10.3. The van der Waals surface area contributed by atoms with Gasteiger partial charge in [-0.05, 0) is 12.1 Å². The van der Waals surface area contributed by atoms with E-state index >= 15 is 0 Å². The van der Waals surface area contributed by atoms with Gasteiger partial charge in [-0.1, -0.05) is 23.2 Å². The standard InChI is InChI=1S/C9H7Cl2N3O/c10-6-1-4-5(9(15)14-12)3-13-8(4)2-7(6)11/h1-3,13H,12H2,(H,14,15). The number of hydrazine groups is 1. The summed E-state index contributed by atoms with van der Waals surface area (Å²) in [5, 5.41) is 1.52. The second kappa shape index (κ2) is 3.73. The molecule has 1 aromatic carbocycles. The van der Waals surface area contributed by atoms with Gasteiger partial charge in [0.15, 0.2) is 0 Å². The Morgan fingerprint density at radius 3 is 2.67 bits per heavy atom. The van der Waals surface area contributed by atoms with Crippen LogP contribution in [-0.4, -0.2) is 10.9 Å². The quantitative estimate of drug-likeness (QED) is 0.408. The van der Waals surface area contributed by atoms with Crippen molar-refractivity contribution in [3.05, 3.63) is 33.9 Å². The normalized spacial score (nSPS) is 10.6. The van der Waals surface area contributed by atoms with Gasteiger partial charge in [-0.25, -0.2) is 5.84 Å². The Morgan fingerprint density at radius 1 is 1.33 bits per heavy atom. The minimum Gasteiger partial charge on any atom is -0.360 e. The molecule has 1 amide bonds. The van der Waals surface area contributed by atoms with Crippen LogP contribution in [0.15, 0.2) is 18.3 Å². The lowest BCUT2D eigenvalue weighted by atomic mass is 10.1. The number of benzene rings is 1. The van der Waals surface area contributed by atoms with Gasteiger partial charge in [-0.3, -0.25) is 10.2 Å². The summed E-state index contributed by atoms with van der Waals surface area (Å²) < 4.78 is 0. The van der Waals surface area contributed by atoms with E-state index in [0.29, 0.717) is 21.0 Å². The van der Waals surface area contributed by atoms with E-state index < -0.39 is 0 Å². The monoisotopic (exact) mass is 243 g/mol. The van der Waals surface area contributed by atoms with Crippen LogP contribution in [0.5, 0.6) is 0 Å². The Balaban J connectivity index is 2.69. The molecule has 2 aromatic rings. The molecule has 1 heterocycles. The van der Waals surface area contributed by atoms with Crippen LogP contribution in [0, 0.1) is 0 Å². The maximum Gasteiger partial charge on any atom is 0.267 e. The van der Waals surface area contributed by atoms with Crippen molar-refractivity contribution in [1.29, 1.82) is 0 Å². The summed E-state index contributed by atoms with van der Waals surface area (Å²) in [4.78, 5) is 14.3. The van der Waals surface area contributed by atoms with Gasteiger partial charge in [-0.2, -0.15) is 0 Å². The number of amides is 1. The first-order valence-electron chi connectivity index (χ1n) is 4.10. The van der Waals surface area contributed by atoms with Crippen molar-refractivity contribution in [2.75, 3.05) is 0 Å². The number of nitrogens with one attached hydrogen (secondary N) is 2. The summed E-state index contributed by atoms with van der Waals surface area (Å²) in [6, 6.07) is 3.28. The molecule has 15 heavy (non-hydrogen) atoms. The molecule has 0 radical (unpaired) electrons. The Morgan fingerprint density at radius 2 is 2.00 bits per heavy atom. The topological polar surface area (TPSA) is 70.9 Å². The van der Waals surface area contributed by atoms with Crippen molar-refractivity contribution >= 4 is 40.0 Å². The van der Waals surface area contributed by atoms with E-state index in [-0.39, 0.29) is 5.91 Å². The highest BCUT2D eigenvalue weighted by Gasteiger charge is 2.12. The van der Waals surface area contributed by atoms with E-state index in [1.807, 2.05) is 0 Å². The second-order valence-corrected chi connectivity index (χ2v) is 3.80. The van der Waals surface area contributed by atoms with Crippen LogP contribution in [0.4, 0.5) is 0 Å². The van der Waals surface area contributed by atoms with Gasteiger partial charge in [0.25, 0.3) is 5.91 Å². The molecule has 1 aromatic heterocycles. The summed E-state index contributed by atoms with van der Waals surface area (Å²) in [5.41, 5.74) is 3.23. The first-order chi connectivity index (χ1) is 7.13. The average molecular weight is 244 g/mol. The number of aromatic amines is 1. The van der Waals surface area contributed by atoms with Gasteiger partial charge in [-0.15, -0.1) is 0 Å². The molecule has 0 bridgehead atoms. The summed E-state index contributed by atoms with van der Waals surface area (Å²) in [5.74, 6) is 4.67. The molecule has 0 saturated carbocycles. The third-order valence-electron chi connectivity index (χ3n) is 2.10. The molecule has 2 rings (SSSR count). The zero-order valence-corrected chi connectivity index (χ0v) is 8.99. The van der Waals surface area contributed by atoms with E-state index in [2.05, 4.69) is 10.4 Å². The zero-order valence-electron chi connectivity index (χ0n) is 7.47. The van der Waals surface area contributed by atoms with E-state index in [9.17, 15) is 4.79 Å². The van der Waals surface area contributed by atoms with Crippen LogP contribution in [0.3, 0.4) is 0 Å². The number of carbonyl (C=O) groups is 1. The number of nitrogens with two attached hydrogens (primary N) is 1. The maximum atomic E-state index is 11.4. The fourth-order valence-corrected chi connectivity index (χ4v) is 1.71. The summed E-state index contributed by atoms with van der Waals surface area (Å²) in [6.07, 6.45) is 1.56. The van der Waals surface area contributed by atoms with E-state index in [1.54, 1.807) is 18.3 Å². The number of aromatic nitrogens is 1. The highest BCUT2D eigenvalue weighted by molar-refractivity contribution is 6.43. The Kier molecular flexibility index (Phi) is 2.56. The second-order valence-electron chi connectivity index (χ2n) is 2.99. The highest BCUT2D eigenvalue weighted by Crippen LogP contribution is 2.29. The average Bonchev–Trinajstić information content (AvgIpc) is 2.61. The Hall–Kier alpha value is -1.23. The van der Waals surface area contributed by atoms with E-state index in [4.69, 9.17) is 29.0 Å². The van der Waals surface area contributed by atoms with Crippen molar-refractivity contribution in [3.8, 4) is 0 Å². The molecule has 0 aliphatic heterocycles. The van der Waals surface area contributed by atoms with Crippen molar-refractivity contribution in [2.24, 2.45) is 5.84 Å². The van der Waals surface area contributed by atoms with Crippen molar-refractivity contribution in [3.63, 3.8) is 0 Å². The maximum absolute atomic E-state index is 11.4. The summed E-state index contributed by atoms with van der Waals surface area (Å²) in [7, 11) is 0. The number of H-pyrrole nitrogens is 1. The fourth-order valence-electron chi connectivity index (χ4n) is 1.38. The molecule has 0 atom stereocenters. The lowest BCUT2D eigenvalue weighted by Crippen LogP contribution is -2.29. The molecule has 0 fully saturated rings. The molecule has 6 heteroatoms. The smallest absolute Gasteiger partial charge is 0.267 e. The predicted octanol–water partition coefficient (Wildman–Crippen LogP) is 2.08. The number of fused-ring (bicyclic) bond motifs is 1. The molecule has 0 saturated heterocycles. The molecule has 78 valence electrons. The number of hydrogen-bond donors (Lipinski definition) is 3. The first-order valence-corrected chi connectivity index (χ1v) is 4.86. The van der Waals surface area contributed by atoms with Crippen LogP contribution in [-0.2, 0) is 0 Å². The molecule has 0 spiro atoms. The molecular formula is C9H7Cl2N3O. The van der Waals surface area contributed by atoms with Gasteiger partial charge in [0.1, 0.15) is 0 Å². The lowest BCUT2D eigenvalue weighted by molar-refractivity contribution is 0.0955. The molecule has 0 aliphatic rings. The van der Waals surface area contributed by atoms with Gasteiger partial charge < -0.3 is 4.98 Å². The molecule has 0 aliphatic carbocycles. The Labute approximate surface area is 95.3 Å². The van der Waals surface area contributed by atoms with Crippen molar-refractivity contribution in [1.82, 2.24) is 10.4 Å². The molecule has 0 unspecified atom stereocenters. The van der Waals surface area contributed by atoms with E-state index in [1.165, 1.54) is 0 Å². The number of nitrogen functional groups attached to an aromatic ring is 1. The van der Waals surface area contributed by atoms with Crippen LogP contribution in [0.2, 0.25) is 10.0 Å². The Bertz CT molecular complexity index is 535. The largest absolute Gasteiger partial charge is 0.360 e. The van der Waals surface area contributed by atoms with Crippen LogP contribution >= 0.6 is 23.2 Å². The summed E-state index contributed by atoms with van der Waals surface area (Å²) in [6.45, 7) is 0. The molecular weight excluding hydrogens is 237 g/mol. The third-order valence-corrected chi connectivity index (χ3v) is 2.82. The SMILES string of the molecule is NNC(=O)c1c[nH]c2cc(Cl)c(Cl)cc12. The number of hydrogen-bond acceptors (Lipinski definition) is 2. The van der Waals surface area contributed by atoms with Gasteiger partial charge in [0, 0.05) is 17.1 Å². The number of rotatable bonds is 1. The van der Waals surface area contributed by atoms with Gasteiger partial charge in [0.2, 0.25) is 0 Å². The van der Waals surface area contributed by atoms with Gasteiger partial charge in [0.05, 0.1) is 15.6 Å². The fraction of sp³-hybridized carbons (Fsp3) is 0. The summed E-state index contributed by atoms with van der Waals surface area (Å²) >= 11 is 11.7. The van der Waals surface area contributed by atoms with Crippen LogP contribution in [0.1, 0.15) is 10.4 Å². The third kappa shape index (κ3) is 1.67. The van der Waals surface area contributed by atoms with Crippen molar-refractivity contribution in [2.45, 2.75) is 0 Å². The van der Waals surface area contributed by atoms with E-state index in [0.717, 1.165) is 5.52 Å². The molecule has 4 N–H and O–H groups in total. The predicted molar refractivity (Wildman–Crippen MR) is 60.0 cm³/mol. The highest BCUT2D eigenvalue weighted by atomic mass is 35.5. The lowest BCUT2D eigenvalue weighted by Gasteiger charge is -1.99. The van der Waals surface area contributed by atoms with Gasteiger partial charge >= 0.3 is 0 Å². The minimum atomic E-state index is -0.375. The van der Waals surface area contributed by atoms with Crippen molar-refractivity contribution < 1.29 is 4.79 Å². The molecule has 4 nitrogen and oxygen atoms in total. The number of carbonyl (C=O) groups excluding carboxylic acids is 1. The van der Waals surface area contributed by atoms with Crippen LogP contribution < -0.4 is 11.3 Å².